The number of benzene rings is 1. The van der Waals surface area contributed by atoms with Gasteiger partial charge in [0.1, 0.15) is 0 Å². The minimum Gasteiger partial charge on any atom is -0.361 e. The molecule has 0 saturated heterocycles. The standard InChI is InChI=1S/C10H11N.CH5N/c1-2-8-7-11-10-6-4-3-5-9(8)10;1-2/h3-7,11H,2H2,1H3;2H2,1H3. The monoisotopic (exact) mass is 176 g/mol. The van der Waals surface area contributed by atoms with Gasteiger partial charge in [-0.15, -0.1) is 0 Å². The highest BCUT2D eigenvalue weighted by Gasteiger charge is 1.97. The van der Waals surface area contributed by atoms with Gasteiger partial charge in [-0.25, -0.2) is 0 Å². The van der Waals surface area contributed by atoms with E-state index in [2.05, 4.69) is 48.1 Å². The van der Waals surface area contributed by atoms with Gasteiger partial charge < -0.3 is 10.7 Å². The van der Waals surface area contributed by atoms with Crippen molar-refractivity contribution in [3.63, 3.8) is 0 Å². The number of aromatic amines is 1. The maximum absolute atomic E-state index is 4.50. The van der Waals surface area contributed by atoms with Crippen LogP contribution in [0.2, 0.25) is 0 Å². The molecule has 0 unspecified atom stereocenters. The van der Waals surface area contributed by atoms with E-state index < -0.39 is 0 Å². The molecule has 1 aromatic heterocycles. The average molecular weight is 176 g/mol. The second-order valence-corrected chi connectivity index (χ2v) is 2.71. The van der Waals surface area contributed by atoms with Crippen LogP contribution in [0.25, 0.3) is 10.9 Å². The first kappa shape index (κ1) is 9.81. The summed E-state index contributed by atoms with van der Waals surface area (Å²) in [5.74, 6) is 0. The summed E-state index contributed by atoms with van der Waals surface area (Å²) in [7, 11) is 1.50. The Morgan fingerprint density at radius 3 is 2.62 bits per heavy atom. The zero-order chi connectivity index (χ0) is 9.68. The number of hydrogen-bond acceptors (Lipinski definition) is 1. The lowest BCUT2D eigenvalue weighted by atomic mass is 10.1. The summed E-state index contributed by atoms with van der Waals surface area (Å²) in [6, 6.07) is 8.40. The predicted octanol–water partition coefficient (Wildman–Crippen LogP) is 2.31. The van der Waals surface area contributed by atoms with Gasteiger partial charge in [-0.1, -0.05) is 25.1 Å². The van der Waals surface area contributed by atoms with E-state index in [1.54, 1.807) is 0 Å². The zero-order valence-corrected chi connectivity index (χ0v) is 8.17. The largest absolute Gasteiger partial charge is 0.361 e. The van der Waals surface area contributed by atoms with Crippen molar-refractivity contribution in [1.29, 1.82) is 0 Å². The molecule has 0 fully saturated rings. The molecule has 2 aromatic rings. The Hall–Kier alpha value is -1.28. The number of rotatable bonds is 1. The number of H-pyrrole nitrogens is 1. The van der Waals surface area contributed by atoms with Crippen LogP contribution >= 0.6 is 0 Å². The predicted molar refractivity (Wildman–Crippen MR) is 57.8 cm³/mol. The molecule has 3 N–H and O–H groups in total. The highest BCUT2D eigenvalue weighted by molar-refractivity contribution is 5.82. The van der Waals surface area contributed by atoms with E-state index in [4.69, 9.17) is 0 Å². The molecule has 0 spiro atoms. The fourth-order valence-corrected chi connectivity index (χ4v) is 1.42. The van der Waals surface area contributed by atoms with Crippen molar-refractivity contribution < 1.29 is 0 Å². The summed E-state index contributed by atoms with van der Waals surface area (Å²) >= 11 is 0. The summed E-state index contributed by atoms with van der Waals surface area (Å²) in [6.07, 6.45) is 3.19. The Kier molecular flexibility index (Phi) is 3.53. The van der Waals surface area contributed by atoms with Crippen LogP contribution in [0.4, 0.5) is 0 Å². The third-order valence-electron chi connectivity index (χ3n) is 2.06. The van der Waals surface area contributed by atoms with E-state index in [1.165, 1.54) is 23.5 Å². The molecular weight excluding hydrogens is 160 g/mol. The molecule has 2 nitrogen and oxygen atoms in total. The Morgan fingerprint density at radius 1 is 1.23 bits per heavy atom. The average Bonchev–Trinajstić information content (AvgIpc) is 2.64. The number of nitrogens with one attached hydrogen (secondary N) is 1. The molecule has 1 heterocycles. The third-order valence-corrected chi connectivity index (χ3v) is 2.06. The van der Waals surface area contributed by atoms with Gasteiger partial charge in [0.05, 0.1) is 0 Å². The van der Waals surface area contributed by atoms with Crippen LogP contribution in [-0.2, 0) is 6.42 Å². The van der Waals surface area contributed by atoms with Crippen molar-refractivity contribution in [3.05, 3.63) is 36.0 Å². The van der Waals surface area contributed by atoms with E-state index in [0.717, 1.165) is 6.42 Å². The van der Waals surface area contributed by atoms with E-state index >= 15 is 0 Å². The lowest BCUT2D eigenvalue weighted by Gasteiger charge is -1.90. The Bertz CT molecular complexity index is 363. The molecule has 0 amide bonds. The lowest BCUT2D eigenvalue weighted by Crippen LogP contribution is -1.72. The van der Waals surface area contributed by atoms with Gasteiger partial charge in [0.15, 0.2) is 0 Å². The first-order valence-electron chi connectivity index (χ1n) is 4.54. The summed E-state index contributed by atoms with van der Waals surface area (Å²) in [4.78, 5) is 3.24. The molecule has 0 atom stereocenters. The quantitative estimate of drug-likeness (QED) is 0.687. The number of fused-ring (bicyclic) bond motifs is 1. The van der Waals surface area contributed by atoms with Crippen LogP contribution in [0.5, 0.6) is 0 Å². The van der Waals surface area contributed by atoms with Crippen molar-refractivity contribution in [3.8, 4) is 0 Å². The van der Waals surface area contributed by atoms with Crippen LogP contribution < -0.4 is 5.73 Å². The van der Waals surface area contributed by atoms with E-state index in [-0.39, 0.29) is 0 Å². The van der Waals surface area contributed by atoms with Gasteiger partial charge in [0.2, 0.25) is 0 Å². The molecule has 0 aliphatic heterocycles. The molecule has 70 valence electrons. The van der Waals surface area contributed by atoms with Crippen LogP contribution in [-0.4, -0.2) is 12.0 Å². The second-order valence-electron chi connectivity index (χ2n) is 2.71. The summed E-state index contributed by atoms with van der Waals surface area (Å²) in [5.41, 5.74) is 7.14. The fourth-order valence-electron chi connectivity index (χ4n) is 1.42. The molecule has 2 heteroatoms. The zero-order valence-electron chi connectivity index (χ0n) is 8.17. The van der Waals surface area contributed by atoms with Gasteiger partial charge >= 0.3 is 0 Å². The molecule has 13 heavy (non-hydrogen) atoms. The van der Waals surface area contributed by atoms with Crippen molar-refractivity contribution in [2.45, 2.75) is 13.3 Å². The second kappa shape index (κ2) is 4.67. The molecule has 1 aromatic carbocycles. The number of aryl methyl sites for hydroxylation is 1. The van der Waals surface area contributed by atoms with Crippen LogP contribution in [0.1, 0.15) is 12.5 Å². The first-order chi connectivity index (χ1) is 6.42. The van der Waals surface area contributed by atoms with Crippen molar-refractivity contribution in [2.75, 3.05) is 7.05 Å². The SMILES string of the molecule is CCc1c[nH]c2ccccc12.CN. The summed E-state index contributed by atoms with van der Waals surface area (Å²) < 4.78 is 0. The van der Waals surface area contributed by atoms with Crippen molar-refractivity contribution >= 4 is 10.9 Å². The van der Waals surface area contributed by atoms with Crippen LogP contribution in [0.3, 0.4) is 0 Å². The highest BCUT2D eigenvalue weighted by atomic mass is 14.7. The number of para-hydroxylation sites is 1. The molecular formula is C11H16N2. The third kappa shape index (κ3) is 1.90. The Morgan fingerprint density at radius 2 is 1.92 bits per heavy atom. The number of nitrogens with two attached hydrogens (primary N) is 1. The first-order valence-corrected chi connectivity index (χ1v) is 4.54. The molecule has 0 aliphatic rings. The maximum atomic E-state index is 4.50. The van der Waals surface area contributed by atoms with Crippen LogP contribution in [0.15, 0.2) is 30.5 Å². The Labute approximate surface area is 78.8 Å². The topological polar surface area (TPSA) is 41.8 Å². The van der Waals surface area contributed by atoms with Gasteiger partial charge in [0, 0.05) is 17.1 Å². The maximum Gasteiger partial charge on any atom is 0.0456 e. The molecule has 0 bridgehead atoms. The normalized spacial score (nSPS) is 9.46. The minimum atomic E-state index is 1.10. The molecule has 2 rings (SSSR count). The Balaban J connectivity index is 0.000000396. The van der Waals surface area contributed by atoms with Crippen molar-refractivity contribution in [2.24, 2.45) is 5.73 Å². The van der Waals surface area contributed by atoms with Crippen molar-refractivity contribution in [1.82, 2.24) is 4.98 Å². The van der Waals surface area contributed by atoms with Gasteiger partial charge in [-0.3, -0.25) is 0 Å². The van der Waals surface area contributed by atoms with E-state index in [9.17, 15) is 0 Å². The molecule has 0 aliphatic carbocycles. The van der Waals surface area contributed by atoms with E-state index in [0.29, 0.717) is 0 Å². The molecule has 0 radical (unpaired) electrons. The summed E-state index contributed by atoms with van der Waals surface area (Å²) in [6.45, 7) is 2.18. The van der Waals surface area contributed by atoms with Gasteiger partial charge in [0.25, 0.3) is 0 Å². The minimum absolute atomic E-state index is 1.10. The van der Waals surface area contributed by atoms with Gasteiger partial charge in [-0.2, -0.15) is 0 Å². The molecule has 0 saturated carbocycles. The fraction of sp³-hybridized carbons (Fsp3) is 0.273. The number of hydrogen-bond donors (Lipinski definition) is 2. The smallest absolute Gasteiger partial charge is 0.0456 e. The van der Waals surface area contributed by atoms with Gasteiger partial charge in [-0.05, 0) is 25.1 Å². The lowest BCUT2D eigenvalue weighted by molar-refractivity contribution is 1.15. The van der Waals surface area contributed by atoms with Crippen LogP contribution in [0, 0.1) is 0 Å². The highest BCUT2D eigenvalue weighted by Crippen LogP contribution is 2.17. The van der Waals surface area contributed by atoms with E-state index in [1.807, 2.05) is 0 Å². The number of aromatic nitrogens is 1. The summed E-state index contributed by atoms with van der Waals surface area (Å²) in [5, 5.41) is 1.36.